The molecule has 0 aliphatic rings. The first-order chi connectivity index (χ1) is 14.2. The van der Waals surface area contributed by atoms with Crippen molar-refractivity contribution < 1.29 is 9.66 Å². The Hall–Kier alpha value is -3.22. The van der Waals surface area contributed by atoms with E-state index in [1.54, 1.807) is 6.07 Å². The topological polar surface area (TPSA) is 90.2 Å². The molecule has 0 unspecified atom stereocenters. The van der Waals surface area contributed by atoms with Crippen molar-refractivity contribution in [1.29, 1.82) is 0 Å². The van der Waals surface area contributed by atoms with E-state index < -0.39 is 4.92 Å². The molecule has 0 atom stereocenters. The van der Waals surface area contributed by atoms with Crippen molar-refractivity contribution in [1.82, 2.24) is 9.97 Å². The van der Waals surface area contributed by atoms with Crippen molar-refractivity contribution in [2.75, 3.05) is 18.5 Å². The van der Waals surface area contributed by atoms with E-state index in [9.17, 15) is 10.1 Å². The van der Waals surface area contributed by atoms with Crippen LogP contribution < -0.4 is 10.1 Å². The molecule has 2 aromatic carbocycles. The third-order valence-electron chi connectivity index (χ3n) is 4.73. The van der Waals surface area contributed by atoms with E-state index in [2.05, 4.69) is 34.3 Å². The first-order valence-corrected chi connectivity index (χ1v) is 10.0. The van der Waals surface area contributed by atoms with Gasteiger partial charge in [-0.2, -0.15) is 0 Å². The molecule has 0 fully saturated rings. The number of anilines is 1. The molecule has 0 aliphatic heterocycles. The predicted molar refractivity (Wildman–Crippen MR) is 114 cm³/mol. The zero-order valence-corrected chi connectivity index (χ0v) is 16.6. The summed E-state index contributed by atoms with van der Waals surface area (Å²) in [5.41, 5.74) is 1.88. The van der Waals surface area contributed by atoms with E-state index in [1.165, 1.54) is 43.3 Å². The summed E-state index contributed by atoms with van der Waals surface area (Å²) in [7, 11) is 0. The molecular formula is C22H26N4O3. The Bertz CT molecular complexity index is 944. The zero-order chi connectivity index (χ0) is 20.5. The lowest BCUT2D eigenvalue weighted by atomic mass is 10.1. The Balaban J connectivity index is 1.53. The van der Waals surface area contributed by atoms with Crippen LogP contribution in [0.25, 0.3) is 10.9 Å². The van der Waals surface area contributed by atoms with E-state index in [4.69, 9.17) is 4.74 Å². The van der Waals surface area contributed by atoms with Gasteiger partial charge < -0.3 is 10.1 Å². The summed E-state index contributed by atoms with van der Waals surface area (Å²) < 4.78 is 5.77. The highest BCUT2D eigenvalue weighted by atomic mass is 16.6. The number of nitro benzene ring substituents is 1. The summed E-state index contributed by atoms with van der Waals surface area (Å²) in [6.45, 7) is 3.62. The van der Waals surface area contributed by atoms with Crippen molar-refractivity contribution >= 4 is 22.4 Å². The average molecular weight is 394 g/mol. The first kappa shape index (κ1) is 20.5. The fourth-order valence-electron chi connectivity index (χ4n) is 3.10. The molecule has 0 aliphatic carbocycles. The van der Waals surface area contributed by atoms with Crippen LogP contribution in [0.5, 0.6) is 5.75 Å². The van der Waals surface area contributed by atoms with Gasteiger partial charge in [-0.15, -0.1) is 0 Å². The predicted octanol–water partition coefficient (Wildman–Crippen LogP) is 5.15. The number of nitro groups is 1. The van der Waals surface area contributed by atoms with E-state index in [0.717, 1.165) is 25.2 Å². The quantitative estimate of drug-likeness (QED) is 0.275. The van der Waals surface area contributed by atoms with Gasteiger partial charge in [0.05, 0.1) is 17.0 Å². The Morgan fingerprint density at radius 2 is 1.90 bits per heavy atom. The summed E-state index contributed by atoms with van der Waals surface area (Å²) >= 11 is 0. The SMILES string of the molecule is CCCCCCOc1ccc(CCNc2ncnc3ccc([N+](=O)[O-])cc23)cc1. The molecule has 152 valence electrons. The van der Waals surface area contributed by atoms with Gasteiger partial charge in [-0.25, -0.2) is 9.97 Å². The minimum Gasteiger partial charge on any atom is -0.494 e. The number of nitrogens with one attached hydrogen (secondary N) is 1. The van der Waals surface area contributed by atoms with E-state index in [-0.39, 0.29) is 5.69 Å². The standard InChI is InChI=1S/C22H26N4O3/c1-2-3-4-5-14-29-19-9-6-17(7-10-19)12-13-23-22-20-15-18(26(27)28)8-11-21(20)24-16-25-22/h6-11,15-16H,2-5,12-14H2,1H3,(H,23,24,25). The third kappa shape index (κ3) is 5.88. The van der Waals surface area contributed by atoms with Gasteiger partial charge in [0.25, 0.3) is 5.69 Å². The summed E-state index contributed by atoms with van der Waals surface area (Å²) in [5.74, 6) is 1.50. The molecule has 1 N–H and O–H groups in total. The molecule has 0 bridgehead atoms. The molecular weight excluding hydrogens is 368 g/mol. The molecule has 1 aromatic heterocycles. The normalized spacial score (nSPS) is 10.8. The lowest BCUT2D eigenvalue weighted by Crippen LogP contribution is -2.07. The van der Waals surface area contributed by atoms with Gasteiger partial charge in [0, 0.05) is 24.1 Å². The molecule has 29 heavy (non-hydrogen) atoms. The van der Waals surface area contributed by atoms with Crippen molar-refractivity contribution in [3.8, 4) is 5.75 Å². The number of nitrogens with zero attached hydrogens (tertiary/aromatic N) is 3. The highest BCUT2D eigenvalue weighted by Crippen LogP contribution is 2.24. The number of ether oxygens (including phenoxy) is 1. The summed E-state index contributed by atoms with van der Waals surface area (Å²) in [5, 5.41) is 14.9. The molecule has 0 amide bonds. The number of hydrogen-bond acceptors (Lipinski definition) is 6. The number of aromatic nitrogens is 2. The van der Waals surface area contributed by atoms with Crippen LogP contribution in [-0.2, 0) is 6.42 Å². The maximum absolute atomic E-state index is 11.0. The van der Waals surface area contributed by atoms with Gasteiger partial charge >= 0.3 is 0 Å². The first-order valence-electron chi connectivity index (χ1n) is 10.0. The largest absolute Gasteiger partial charge is 0.494 e. The number of non-ortho nitro benzene ring substituents is 1. The van der Waals surface area contributed by atoms with Crippen LogP contribution in [0.3, 0.4) is 0 Å². The second kappa shape index (κ2) is 10.4. The minimum atomic E-state index is -0.413. The summed E-state index contributed by atoms with van der Waals surface area (Å²) in [4.78, 5) is 19.0. The molecule has 0 radical (unpaired) electrons. The third-order valence-corrected chi connectivity index (χ3v) is 4.73. The van der Waals surface area contributed by atoms with Crippen molar-refractivity contribution in [3.05, 3.63) is 64.5 Å². The number of hydrogen-bond donors (Lipinski definition) is 1. The van der Waals surface area contributed by atoms with Gasteiger partial charge in [0.15, 0.2) is 0 Å². The van der Waals surface area contributed by atoms with Gasteiger partial charge in [0.2, 0.25) is 0 Å². The maximum atomic E-state index is 11.0. The van der Waals surface area contributed by atoms with E-state index in [1.807, 2.05) is 12.1 Å². The van der Waals surface area contributed by atoms with Crippen LogP contribution in [0.4, 0.5) is 11.5 Å². The van der Waals surface area contributed by atoms with Gasteiger partial charge in [-0.3, -0.25) is 10.1 Å². The molecule has 0 saturated carbocycles. The van der Waals surface area contributed by atoms with Crippen LogP contribution in [0.15, 0.2) is 48.8 Å². The van der Waals surface area contributed by atoms with Gasteiger partial charge in [-0.05, 0) is 36.6 Å². The van der Waals surface area contributed by atoms with Crippen LogP contribution in [-0.4, -0.2) is 28.0 Å². The summed E-state index contributed by atoms with van der Waals surface area (Å²) in [6, 6.07) is 12.7. The van der Waals surface area contributed by atoms with Crippen LogP contribution in [0.1, 0.15) is 38.2 Å². The second-order valence-electron chi connectivity index (χ2n) is 6.91. The molecule has 0 saturated heterocycles. The smallest absolute Gasteiger partial charge is 0.270 e. The molecule has 0 spiro atoms. The van der Waals surface area contributed by atoms with E-state index >= 15 is 0 Å². The van der Waals surface area contributed by atoms with Crippen molar-refractivity contribution in [2.24, 2.45) is 0 Å². The van der Waals surface area contributed by atoms with Crippen molar-refractivity contribution in [2.45, 2.75) is 39.0 Å². The maximum Gasteiger partial charge on any atom is 0.270 e. The van der Waals surface area contributed by atoms with E-state index in [0.29, 0.717) is 23.3 Å². The Kier molecular flexibility index (Phi) is 7.33. The minimum absolute atomic E-state index is 0.0284. The van der Waals surface area contributed by atoms with Crippen LogP contribution in [0.2, 0.25) is 0 Å². The lowest BCUT2D eigenvalue weighted by molar-refractivity contribution is -0.384. The average Bonchev–Trinajstić information content (AvgIpc) is 2.74. The lowest BCUT2D eigenvalue weighted by Gasteiger charge is -2.09. The van der Waals surface area contributed by atoms with Crippen LogP contribution >= 0.6 is 0 Å². The highest BCUT2D eigenvalue weighted by molar-refractivity contribution is 5.90. The van der Waals surface area contributed by atoms with Gasteiger partial charge in [0.1, 0.15) is 17.9 Å². The zero-order valence-electron chi connectivity index (χ0n) is 16.6. The monoisotopic (exact) mass is 394 g/mol. The Morgan fingerprint density at radius 3 is 2.66 bits per heavy atom. The number of rotatable bonds is 11. The Morgan fingerprint density at radius 1 is 1.07 bits per heavy atom. The summed E-state index contributed by atoms with van der Waals surface area (Å²) in [6.07, 6.45) is 7.04. The molecule has 7 nitrogen and oxygen atoms in total. The molecule has 3 aromatic rings. The fourth-order valence-corrected chi connectivity index (χ4v) is 3.10. The van der Waals surface area contributed by atoms with Gasteiger partial charge in [-0.1, -0.05) is 38.3 Å². The van der Waals surface area contributed by atoms with Crippen LogP contribution in [0, 0.1) is 10.1 Å². The fraction of sp³-hybridized carbons (Fsp3) is 0.364. The molecule has 7 heteroatoms. The molecule has 1 heterocycles. The number of unbranched alkanes of at least 4 members (excludes halogenated alkanes) is 3. The number of benzene rings is 2. The molecule has 3 rings (SSSR count). The van der Waals surface area contributed by atoms with Crippen molar-refractivity contribution in [3.63, 3.8) is 0 Å². The number of fused-ring (bicyclic) bond motifs is 1. The highest BCUT2D eigenvalue weighted by Gasteiger charge is 2.10. The second-order valence-corrected chi connectivity index (χ2v) is 6.91. The Labute approximate surface area is 170 Å².